The second kappa shape index (κ2) is 6.06. The second-order valence-corrected chi connectivity index (χ2v) is 10.4. The summed E-state index contributed by atoms with van der Waals surface area (Å²) in [6.07, 6.45) is 5.59. The Kier molecular flexibility index (Phi) is 4.49. The van der Waals surface area contributed by atoms with Gasteiger partial charge < -0.3 is 9.30 Å². The first-order valence-electron chi connectivity index (χ1n) is 7.66. The molecule has 1 spiro atoms. The minimum atomic E-state index is -3.57. The smallest absolute Gasteiger partial charge is 0.262 e. The standard InChI is InChI=1S/C13H22N4O5S2/c1-16-6-12(14-10-16)24(20,21)17-8-13(9-17)4-3-11(7-22-13)5-15-23(2,18)19/h6,10-11,15H,3-5,7-9H2,1-2H3/t11-/m0/s1. The van der Waals surface area contributed by atoms with Crippen LogP contribution in [0.1, 0.15) is 12.8 Å². The van der Waals surface area contributed by atoms with Crippen LogP contribution in [0.5, 0.6) is 0 Å². The highest BCUT2D eigenvalue weighted by atomic mass is 32.2. The van der Waals surface area contributed by atoms with E-state index in [-0.39, 0.29) is 10.9 Å². The molecule has 0 aliphatic carbocycles. The zero-order valence-electron chi connectivity index (χ0n) is 13.7. The quantitative estimate of drug-likeness (QED) is 0.714. The van der Waals surface area contributed by atoms with Gasteiger partial charge in [-0.2, -0.15) is 4.31 Å². The number of sulfonamides is 2. The van der Waals surface area contributed by atoms with E-state index in [1.807, 2.05) is 0 Å². The Morgan fingerprint density at radius 3 is 2.58 bits per heavy atom. The molecular weight excluding hydrogens is 356 g/mol. The number of rotatable bonds is 5. The Morgan fingerprint density at radius 1 is 1.38 bits per heavy atom. The summed E-state index contributed by atoms with van der Waals surface area (Å²) in [6.45, 7) is 1.42. The summed E-state index contributed by atoms with van der Waals surface area (Å²) in [6, 6.07) is 0. The van der Waals surface area contributed by atoms with Gasteiger partial charge in [-0.1, -0.05) is 0 Å². The molecule has 24 heavy (non-hydrogen) atoms. The molecule has 1 atom stereocenters. The average Bonchev–Trinajstić information content (AvgIpc) is 2.90. The molecule has 9 nitrogen and oxygen atoms in total. The Bertz CT molecular complexity index is 801. The van der Waals surface area contributed by atoms with Gasteiger partial charge in [-0.15, -0.1) is 0 Å². The van der Waals surface area contributed by atoms with Crippen LogP contribution in [0.2, 0.25) is 0 Å². The van der Waals surface area contributed by atoms with Crippen molar-refractivity contribution < 1.29 is 21.6 Å². The third kappa shape index (κ3) is 3.64. The van der Waals surface area contributed by atoms with Crippen molar-refractivity contribution in [3.05, 3.63) is 12.5 Å². The van der Waals surface area contributed by atoms with Gasteiger partial charge in [0.15, 0.2) is 5.03 Å². The van der Waals surface area contributed by atoms with Crippen molar-refractivity contribution in [1.29, 1.82) is 0 Å². The molecule has 11 heteroatoms. The molecule has 0 saturated carbocycles. The van der Waals surface area contributed by atoms with Gasteiger partial charge in [-0.25, -0.2) is 26.5 Å². The van der Waals surface area contributed by atoms with Crippen LogP contribution >= 0.6 is 0 Å². The zero-order valence-corrected chi connectivity index (χ0v) is 15.3. The molecule has 2 fully saturated rings. The van der Waals surface area contributed by atoms with Crippen LogP contribution in [0.15, 0.2) is 17.6 Å². The summed E-state index contributed by atoms with van der Waals surface area (Å²) in [5.41, 5.74) is -0.441. The third-order valence-corrected chi connectivity index (χ3v) is 6.85. The lowest BCUT2D eigenvalue weighted by Gasteiger charge is -2.51. The number of imidazole rings is 1. The number of aryl methyl sites for hydroxylation is 1. The van der Waals surface area contributed by atoms with Crippen molar-refractivity contribution >= 4 is 20.0 Å². The second-order valence-electron chi connectivity index (χ2n) is 6.67. The molecule has 2 saturated heterocycles. The van der Waals surface area contributed by atoms with E-state index in [0.717, 1.165) is 19.1 Å². The monoisotopic (exact) mass is 378 g/mol. The highest BCUT2D eigenvalue weighted by Gasteiger charge is 2.51. The van der Waals surface area contributed by atoms with Gasteiger partial charge in [-0.05, 0) is 18.8 Å². The van der Waals surface area contributed by atoms with Crippen molar-refractivity contribution in [3.8, 4) is 0 Å². The van der Waals surface area contributed by atoms with Gasteiger partial charge in [0, 0.05) is 32.9 Å². The topological polar surface area (TPSA) is 111 Å². The third-order valence-electron chi connectivity index (χ3n) is 4.48. The van der Waals surface area contributed by atoms with E-state index in [1.165, 1.54) is 16.8 Å². The Morgan fingerprint density at radius 2 is 2.08 bits per heavy atom. The first-order chi connectivity index (χ1) is 11.1. The maximum absolute atomic E-state index is 12.4. The Balaban J connectivity index is 1.54. The summed E-state index contributed by atoms with van der Waals surface area (Å²) in [5, 5.41) is 0.0471. The molecule has 0 amide bonds. The molecule has 2 aliphatic heterocycles. The summed E-state index contributed by atoms with van der Waals surface area (Å²) in [5.74, 6) is 0.117. The molecule has 0 bridgehead atoms. The van der Waals surface area contributed by atoms with Crippen LogP contribution in [-0.2, 0) is 31.8 Å². The molecule has 3 heterocycles. The van der Waals surface area contributed by atoms with Gasteiger partial charge in [0.25, 0.3) is 10.0 Å². The van der Waals surface area contributed by atoms with Crippen molar-refractivity contribution in [2.45, 2.75) is 23.5 Å². The predicted octanol–water partition coefficient (Wildman–Crippen LogP) is -0.861. The molecule has 0 radical (unpaired) electrons. The Hall–Kier alpha value is -1.01. The molecule has 1 N–H and O–H groups in total. The van der Waals surface area contributed by atoms with Crippen molar-refractivity contribution in [2.75, 3.05) is 32.5 Å². The molecule has 0 unspecified atom stereocenters. The number of nitrogens with zero attached hydrogens (tertiary/aromatic N) is 3. The van der Waals surface area contributed by atoms with Crippen LogP contribution in [0.25, 0.3) is 0 Å². The van der Waals surface area contributed by atoms with E-state index < -0.39 is 25.6 Å². The maximum atomic E-state index is 12.4. The fourth-order valence-corrected chi connectivity index (χ4v) is 5.11. The lowest BCUT2D eigenvalue weighted by atomic mass is 9.84. The first kappa shape index (κ1) is 17.8. The minimum Gasteiger partial charge on any atom is -0.372 e. The highest BCUT2D eigenvalue weighted by Crippen LogP contribution is 2.38. The fraction of sp³-hybridized carbons (Fsp3) is 0.769. The van der Waals surface area contributed by atoms with Crippen molar-refractivity contribution in [1.82, 2.24) is 18.6 Å². The zero-order chi connectivity index (χ0) is 17.6. The van der Waals surface area contributed by atoms with Crippen molar-refractivity contribution in [3.63, 3.8) is 0 Å². The van der Waals surface area contributed by atoms with Crippen LogP contribution in [0.4, 0.5) is 0 Å². The molecule has 1 aromatic heterocycles. The number of hydrogen-bond acceptors (Lipinski definition) is 6. The van der Waals surface area contributed by atoms with Gasteiger partial charge in [0.2, 0.25) is 10.0 Å². The molecule has 136 valence electrons. The largest absolute Gasteiger partial charge is 0.372 e. The first-order valence-corrected chi connectivity index (χ1v) is 11.0. The van der Waals surface area contributed by atoms with Gasteiger partial charge in [0.05, 0.1) is 24.8 Å². The summed E-state index contributed by atoms with van der Waals surface area (Å²) in [7, 11) is -5.05. The Labute approximate surface area is 142 Å². The fourth-order valence-electron chi connectivity index (χ4n) is 3.02. The number of aromatic nitrogens is 2. The number of hydrogen-bond donors (Lipinski definition) is 1. The molecule has 0 aromatic carbocycles. The lowest BCUT2D eigenvalue weighted by molar-refractivity contribution is -0.156. The van der Waals surface area contributed by atoms with Crippen LogP contribution in [-0.4, -0.2) is 68.8 Å². The normalized spacial score (nSPS) is 24.8. The lowest BCUT2D eigenvalue weighted by Crippen LogP contribution is -2.66. The van der Waals surface area contributed by atoms with Crippen LogP contribution < -0.4 is 4.72 Å². The molecule has 2 aliphatic rings. The van der Waals surface area contributed by atoms with Crippen LogP contribution in [0.3, 0.4) is 0 Å². The van der Waals surface area contributed by atoms with E-state index in [2.05, 4.69) is 9.71 Å². The van der Waals surface area contributed by atoms with Gasteiger partial charge in [-0.3, -0.25) is 0 Å². The predicted molar refractivity (Wildman–Crippen MR) is 86.2 cm³/mol. The van der Waals surface area contributed by atoms with Gasteiger partial charge >= 0.3 is 0 Å². The molecule has 3 rings (SSSR count). The summed E-state index contributed by atoms with van der Waals surface area (Å²) in [4.78, 5) is 3.91. The van der Waals surface area contributed by atoms with E-state index in [0.29, 0.717) is 26.2 Å². The van der Waals surface area contributed by atoms with E-state index in [4.69, 9.17) is 4.74 Å². The van der Waals surface area contributed by atoms with E-state index in [1.54, 1.807) is 11.6 Å². The highest BCUT2D eigenvalue weighted by molar-refractivity contribution is 7.89. The average molecular weight is 378 g/mol. The van der Waals surface area contributed by atoms with E-state index >= 15 is 0 Å². The summed E-state index contributed by atoms with van der Waals surface area (Å²) < 4.78 is 58.5. The molecular formula is C13H22N4O5S2. The van der Waals surface area contributed by atoms with Crippen molar-refractivity contribution in [2.24, 2.45) is 13.0 Å². The number of ether oxygens (including phenoxy) is 1. The maximum Gasteiger partial charge on any atom is 0.262 e. The van der Waals surface area contributed by atoms with Crippen LogP contribution in [0, 0.1) is 5.92 Å². The SMILES string of the molecule is Cn1cnc(S(=O)(=O)N2CC3(CC[C@@H](CNS(C)(=O)=O)CO3)C2)c1. The minimum absolute atomic E-state index is 0.0471. The van der Waals surface area contributed by atoms with E-state index in [9.17, 15) is 16.8 Å². The van der Waals surface area contributed by atoms with Gasteiger partial charge in [0.1, 0.15) is 0 Å². The molecule has 1 aromatic rings. The summed E-state index contributed by atoms with van der Waals surface area (Å²) >= 11 is 0. The number of nitrogens with one attached hydrogen (secondary N) is 1.